The Morgan fingerprint density at radius 3 is 2.86 bits per heavy atom. The molecule has 1 fully saturated rings. The number of hydrogen-bond acceptors (Lipinski definition) is 3. The number of esters is 1. The molecule has 0 heterocycles. The molecule has 0 saturated heterocycles. The summed E-state index contributed by atoms with van der Waals surface area (Å²) in [5.41, 5.74) is 0. The minimum Gasteiger partial charge on any atom is -0.438 e. The van der Waals surface area contributed by atoms with Gasteiger partial charge in [0.25, 0.3) is 0 Å². The molecular weight excluding hydrogens is 180 g/mol. The van der Waals surface area contributed by atoms with Crippen LogP contribution >= 0.6 is 0 Å². The van der Waals surface area contributed by atoms with Crippen LogP contribution in [0.5, 0.6) is 0 Å². The first-order valence-corrected chi connectivity index (χ1v) is 5.24. The van der Waals surface area contributed by atoms with Crippen molar-refractivity contribution in [2.45, 2.75) is 19.8 Å². The Hall–Kier alpha value is -0.830. The van der Waals surface area contributed by atoms with E-state index in [0.29, 0.717) is 18.4 Å². The fraction of sp³-hybridized carbons (Fsp3) is 0.727. The number of carbonyl (C=O) groups is 1. The summed E-state index contributed by atoms with van der Waals surface area (Å²) in [6, 6.07) is 0. The second kappa shape index (κ2) is 4.13. The van der Waals surface area contributed by atoms with Crippen LogP contribution in [0, 0.1) is 17.8 Å². The van der Waals surface area contributed by atoms with Gasteiger partial charge in [-0.3, -0.25) is 4.79 Å². The summed E-state index contributed by atoms with van der Waals surface area (Å²) in [6.45, 7) is 2.57. The summed E-state index contributed by atoms with van der Waals surface area (Å²) in [7, 11) is 0. The van der Waals surface area contributed by atoms with Crippen LogP contribution in [0.25, 0.3) is 0 Å². The molecule has 14 heavy (non-hydrogen) atoms. The average molecular weight is 196 g/mol. The standard InChI is InChI=1S/C11H16O3/c1-2-13-7-14-11(12)10-6-8-3-4-9(10)5-8/h3-4,8-10H,2,5-7H2,1H3. The zero-order chi connectivity index (χ0) is 9.97. The molecule has 0 N–H and O–H groups in total. The lowest BCUT2D eigenvalue weighted by molar-refractivity contribution is -0.161. The molecule has 3 atom stereocenters. The van der Waals surface area contributed by atoms with Gasteiger partial charge in [-0.2, -0.15) is 0 Å². The summed E-state index contributed by atoms with van der Waals surface area (Å²) in [5, 5.41) is 0. The maximum atomic E-state index is 11.6. The Labute approximate surface area is 84.1 Å². The third kappa shape index (κ3) is 1.82. The van der Waals surface area contributed by atoms with Crippen molar-refractivity contribution in [3.8, 4) is 0 Å². The van der Waals surface area contributed by atoms with Crippen LogP contribution in [0.3, 0.4) is 0 Å². The minimum absolute atomic E-state index is 0.0877. The van der Waals surface area contributed by atoms with Crippen LogP contribution in [0.2, 0.25) is 0 Å². The number of ether oxygens (including phenoxy) is 2. The number of allylic oxidation sites excluding steroid dienone is 2. The Kier molecular flexibility index (Phi) is 2.87. The van der Waals surface area contributed by atoms with Gasteiger partial charge in [0.05, 0.1) is 5.92 Å². The Bertz CT molecular complexity index is 247. The number of rotatable bonds is 4. The molecule has 1 saturated carbocycles. The molecule has 78 valence electrons. The molecule has 3 heteroatoms. The Morgan fingerprint density at radius 1 is 1.43 bits per heavy atom. The van der Waals surface area contributed by atoms with E-state index in [4.69, 9.17) is 9.47 Å². The van der Waals surface area contributed by atoms with Crippen molar-refractivity contribution in [2.75, 3.05) is 13.4 Å². The molecule has 2 aliphatic rings. The van der Waals surface area contributed by atoms with Crippen LogP contribution in [-0.2, 0) is 14.3 Å². The summed E-state index contributed by atoms with van der Waals surface area (Å²) in [4.78, 5) is 11.6. The van der Waals surface area contributed by atoms with E-state index >= 15 is 0 Å². The maximum Gasteiger partial charge on any atom is 0.311 e. The van der Waals surface area contributed by atoms with E-state index in [0.717, 1.165) is 12.8 Å². The van der Waals surface area contributed by atoms with E-state index in [-0.39, 0.29) is 18.7 Å². The van der Waals surface area contributed by atoms with Crippen molar-refractivity contribution in [3.63, 3.8) is 0 Å². The first-order valence-electron chi connectivity index (χ1n) is 5.24. The quantitative estimate of drug-likeness (QED) is 0.297. The molecule has 0 radical (unpaired) electrons. The van der Waals surface area contributed by atoms with Gasteiger partial charge in [-0.25, -0.2) is 0 Å². The number of fused-ring (bicyclic) bond motifs is 2. The van der Waals surface area contributed by atoms with E-state index in [1.54, 1.807) is 0 Å². The van der Waals surface area contributed by atoms with Gasteiger partial charge in [-0.05, 0) is 31.6 Å². The molecular formula is C11H16O3. The van der Waals surface area contributed by atoms with Crippen LogP contribution in [0.15, 0.2) is 12.2 Å². The Balaban J connectivity index is 1.79. The summed E-state index contributed by atoms with van der Waals surface area (Å²) in [5.74, 6) is 1.04. The van der Waals surface area contributed by atoms with Crippen LogP contribution in [0.1, 0.15) is 19.8 Å². The fourth-order valence-corrected chi connectivity index (χ4v) is 2.34. The van der Waals surface area contributed by atoms with Crippen LogP contribution < -0.4 is 0 Å². The highest BCUT2D eigenvalue weighted by Crippen LogP contribution is 2.43. The highest BCUT2D eigenvalue weighted by molar-refractivity contribution is 5.74. The van der Waals surface area contributed by atoms with Crippen molar-refractivity contribution in [1.82, 2.24) is 0 Å². The summed E-state index contributed by atoms with van der Waals surface area (Å²) >= 11 is 0. The van der Waals surface area contributed by atoms with Gasteiger partial charge in [0, 0.05) is 6.61 Å². The smallest absolute Gasteiger partial charge is 0.311 e. The van der Waals surface area contributed by atoms with Crippen molar-refractivity contribution >= 4 is 5.97 Å². The van der Waals surface area contributed by atoms with Gasteiger partial charge >= 0.3 is 5.97 Å². The number of carbonyl (C=O) groups excluding carboxylic acids is 1. The minimum atomic E-state index is -0.0877. The molecule has 2 aliphatic carbocycles. The SMILES string of the molecule is CCOCOC(=O)C1CC2C=CC1C2. The molecule has 0 aromatic rings. The molecule has 3 unspecified atom stereocenters. The lowest BCUT2D eigenvalue weighted by Gasteiger charge is -2.16. The normalized spacial score (nSPS) is 33.6. The zero-order valence-electron chi connectivity index (χ0n) is 8.44. The van der Waals surface area contributed by atoms with Crippen LogP contribution in [-0.4, -0.2) is 19.4 Å². The van der Waals surface area contributed by atoms with Crippen molar-refractivity contribution in [3.05, 3.63) is 12.2 Å². The molecule has 0 aromatic heterocycles. The van der Waals surface area contributed by atoms with Gasteiger partial charge in [0.2, 0.25) is 0 Å². The highest BCUT2D eigenvalue weighted by Gasteiger charge is 2.40. The summed E-state index contributed by atoms with van der Waals surface area (Å²) < 4.78 is 10.0. The van der Waals surface area contributed by atoms with Crippen molar-refractivity contribution in [1.29, 1.82) is 0 Å². The lowest BCUT2D eigenvalue weighted by atomic mass is 9.94. The van der Waals surface area contributed by atoms with Gasteiger partial charge in [-0.15, -0.1) is 0 Å². The molecule has 0 aliphatic heterocycles. The summed E-state index contributed by atoms with van der Waals surface area (Å²) in [6.07, 6.45) is 6.47. The second-order valence-electron chi connectivity index (χ2n) is 3.96. The van der Waals surface area contributed by atoms with Gasteiger partial charge in [-0.1, -0.05) is 12.2 Å². The number of hydrogen-bond donors (Lipinski definition) is 0. The lowest BCUT2D eigenvalue weighted by Crippen LogP contribution is -2.22. The van der Waals surface area contributed by atoms with Gasteiger partial charge in [0.1, 0.15) is 0 Å². The molecule has 2 rings (SSSR count). The fourth-order valence-electron chi connectivity index (χ4n) is 2.34. The maximum absolute atomic E-state index is 11.6. The van der Waals surface area contributed by atoms with E-state index < -0.39 is 0 Å². The molecule has 0 aromatic carbocycles. The van der Waals surface area contributed by atoms with E-state index in [9.17, 15) is 4.79 Å². The largest absolute Gasteiger partial charge is 0.438 e. The topological polar surface area (TPSA) is 35.5 Å². The molecule has 2 bridgehead atoms. The molecule has 3 nitrogen and oxygen atoms in total. The molecule has 0 amide bonds. The third-order valence-electron chi connectivity index (χ3n) is 3.07. The Morgan fingerprint density at radius 2 is 2.29 bits per heavy atom. The van der Waals surface area contributed by atoms with Crippen molar-refractivity contribution in [2.24, 2.45) is 17.8 Å². The van der Waals surface area contributed by atoms with E-state index in [1.807, 2.05) is 6.92 Å². The van der Waals surface area contributed by atoms with Gasteiger partial charge < -0.3 is 9.47 Å². The van der Waals surface area contributed by atoms with Crippen molar-refractivity contribution < 1.29 is 14.3 Å². The predicted octanol–water partition coefficient (Wildman–Crippen LogP) is 1.74. The highest BCUT2D eigenvalue weighted by atomic mass is 16.7. The zero-order valence-corrected chi connectivity index (χ0v) is 8.44. The van der Waals surface area contributed by atoms with E-state index in [2.05, 4.69) is 12.2 Å². The first kappa shape index (κ1) is 9.71. The second-order valence-corrected chi connectivity index (χ2v) is 3.96. The third-order valence-corrected chi connectivity index (χ3v) is 3.07. The monoisotopic (exact) mass is 196 g/mol. The first-order chi connectivity index (χ1) is 6.81. The van der Waals surface area contributed by atoms with Gasteiger partial charge in [0.15, 0.2) is 6.79 Å². The van der Waals surface area contributed by atoms with E-state index in [1.165, 1.54) is 0 Å². The predicted molar refractivity (Wildman–Crippen MR) is 51.4 cm³/mol. The molecule has 0 spiro atoms. The van der Waals surface area contributed by atoms with Crippen LogP contribution in [0.4, 0.5) is 0 Å². The average Bonchev–Trinajstić information content (AvgIpc) is 2.79.